The number of amides is 1. The van der Waals surface area contributed by atoms with E-state index in [1.54, 1.807) is 13.1 Å². The van der Waals surface area contributed by atoms with Crippen LogP contribution < -0.4 is 15.8 Å². The molecular weight excluding hydrogens is 375 g/mol. The summed E-state index contributed by atoms with van der Waals surface area (Å²) >= 11 is 0. The van der Waals surface area contributed by atoms with Crippen molar-refractivity contribution < 1.29 is 13.9 Å². The van der Waals surface area contributed by atoms with Crippen LogP contribution in [0, 0.1) is 12.7 Å². The Balaban J connectivity index is 1.76. The lowest BCUT2D eigenvalue weighted by Crippen LogP contribution is -2.47. The molecule has 2 aromatic rings. The smallest absolute Gasteiger partial charge is 0.407 e. The van der Waals surface area contributed by atoms with Crippen molar-refractivity contribution >= 4 is 11.8 Å². The Morgan fingerprint density at radius 1 is 1.28 bits per heavy atom. The lowest BCUT2D eigenvalue weighted by atomic mass is 10.0. The molecule has 2 N–H and O–H groups in total. The van der Waals surface area contributed by atoms with Gasteiger partial charge in [-0.05, 0) is 63.8 Å². The molecule has 0 atom stereocenters. The predicted molar refractivity (Wildman–Crippen MR) is 110 cm³/mol. The first kappa shape index (κ1) is 20.8. The maximum Gasteiger partial charge on any atom is 0.407 e. The number of piperidine rings is 1. The number of H-pyrrole nitrogens is 1. The molecule has 0 spiro atoms. The van der Waals surface area contributed by atoms with Crippen molar-refractivity contribution in [2.24, 2.45) is 0 Å². The van der Waals surface area contributed by atoms with Crippen molar-refractivity contribution in [1.29, 1.82) is 0 Å². The zero-order valence-corrected chi connectivity index (χ0v) is 17.2. The van der Waals surface area contributed by atoms with Crippen molar-refractivity contribution in [3.05, 3.63) is 46.1 Å². The van der Waals surface area contributed by atoms with Gasteiger partial charge in [0.1, 0.15) is 17.1 Å². The highest BCUT2D eigenvalue weighted by atomic mass is 19.1. The predicted octanol–water partition coefficient (Wildman–Crippen LogP) is 3.38. The SMILES string of the molecule is Cc1cc(F)cc(-c2cn[nH]c(=O)c2N2CCC(NC(=O)OC(C)(C)C)CC2)c1. The van der Waals surface area contributed by atoms with Crippen LogP contribution in [0.15, 0.2) is 29.2 Å². The lowest BCUT2D eigenvalue weighted by molar-refractivity contribution is 0.0497. The van der Waals surface area contributed by atoms with E-state index in [1.807, 2.05) is 31.7 Å². The Morgan fingerprint density at radius 3 is 2.59 bits per heavy atom. The number of aromatic amines is 1. The zero-order chi connectivity index (χ0) is 21.2. The Kier molecular flexibility index (Phi) is 5.91. The van der Waals surface area contributed by atoms with E-state index in [-0.39, 0.29) is 17.4 Å². The summed E-state index contributed by atoms with van der Waals surface area (Å²) in [6.07, 6.45) is 2.45. The van der Waals surface area contributed by atoms with Crippen molar-refractivity contribution in [3.63, 3.8) is 0 Å². The molecule has 2 heterocycles. The highest BCUT2D eigenvalue weighted by Gasteiger charge is 2.26. The molecule has 1 fully saturated rings. The topological polar surface area (TPSA) is 87.3 Å². The van der Waals surface area contributed by atoms with Crippen LogP contribution in [-0.2, 0) is 4.74 Å². The molecule has 0 radical (unpaired) electrons. The van der Waals surface area contributed by atoms with Crippen molar-refractivity contribution in [2.45, 2.75) is 52.2 Å². The molecule has 0 saturated carbocycles. The number of aromatic nitrogens is 2. The van der Waals surface area contributed by atoms with Crippen LogP contribution in [-0.4, -0.2) is 41.0 Å². The van der Waals surface area contributed by atoms with Crippen molar-refractivity contribution in [1.82, 2.24) is 15.5 Å². The van der Waals surface area contributed by atoms with Gasteiger partial charge in [0.05, 0.1) is 6.20 Å². The maximum absolute atomic E-state index is 13.9. The fourth-order valence-corrected chi connectivity index (χ4v) is 3.53. The van der Waals surface area contributed by atoms with E-state index in [9.17, 15) is 14.0 Å². The molecule has 1 aliphatic heterocycles. The Labute approximate surface area is 169 Å². The summed E-state index contributed by atoms with van der Waals surface area (Å²) in [6.45, 7) is 8.42. The van der Waals surface area contributed by atoms with Crippen LogP contribution in [0.1, 0.15) is 39.2 Å². The number of alkyl carbamates (subject to hydrolysis) is 1. The highest BCUT2D eigenvalue weighted by Crippen LogP contribution is 2.30. The van der Waals surface area contributed by atoms with Crippen LogP contribution in [0.3, 0.4) is 0 Å². The average molecular weight is 402 g/mol. The van der Waals surface area contributed by atoms with Gasteiger partial charge >= 0.3 is 6.09 Å². The minimum absolute atomic E-state index is 0.0260. The number of benzene rings is 1. The first-order valence-corrected chi connectivity index (χ1v) is 9.72. The number of halogens is 1. The van der Waals surface area contributed by atoms with E-state index in [4.69, 9.17) is 4.74 Å². The zero-order valence-electron chi connectivity index (χ0n) is 17.2. The number of aryl methyl sites for hydroxylation is 1. The first-order chi connectivity index (χ1) is 13.6. The molecule has 29 heavy (non-hydrogen) atoms. The fourth-order valence-electron chi connectivity index (χ4n) is 3.53. The van der Waals surface area contributed by atoms with E-state index >= 15 is 0 Å². The third-order valence-corrected chi connectivity index (χ3v) is 4.72. The third kappa shape index (κ3) is 5.34. The molecular formula is C21H27FN4O3. The number of ether oxygens (including phenoxy) is 1. The van der Waals surface area contributed by atoms with Gasteiger partial charge in [0, 0.05) is 24.7 Å². The normalized spacial score (nSPS) is 15.3. The van der Waals surface area contributed by atoms with Crippen LogP contribution in [0.5, 0.6) is 0 Å². The number of carbonyl (C=O) groups excluding carboxylic acids is 1. The number of anilines is 1. The molecule has 156 valence electrons. The van der Waals surface area contributed by atoms with Gasteiger partial charge < -0.3 is 15.0 Å². The summed E-state index contributed by atoms with van der Waals surface area (Å²) in [5, 5.41) is 9.27. The number of carbonyl (C=O) groups is 1. The molecule has 1 aromatic carbocycles. The third-order valence-electron chi connectivity index (χ3n) is 4.72. The van der Waals surface area contributed by atoms with E-state index in [0.717, 1.165) is 5.56 Å². The number of nitrogens with zero attached hydrogens (tertiary/aromatic N) is 2. The van der Waals surface area contributed by atoms with E-state index in [0.29, 0.717) is 42.7 Å². The fraction of sp³-hybridized carbons (Fsp3) is 0.476. The van der Waals surface area contributed by atoms with Gasteiger partial charge in [0.2, 0.25) is 0 Å². The molecule has 1 amide bonds. The van der Waals surface area contributed by atoms with Gasteiger partial charge in [0.15, 0.2) is 0 Å². The van der Waals surface area contributed by atoms with Gasteiger partial charge in [-0.3, -0.25) is 4.79 Å². The molecule has 1 aromatic heterocycles. The minimum atomic E-state index is -0.549. The minimum Gasteiger partial charge on any atom is -0.444 e. The molecule has 1 saturated heterocycles. The van der Waals surface area contributed by atoms with E-state index in [1.165, 1.54) is 12.1 Å². The molecule has 7 nitrogen and oxygen atoms in total. The summed E-state index contributed by atoms with van der Waals surface area (Å²) in [5.74, 6) is -0.355. The summed E-state index contributed by atoms with van der Waals surface area (Å²) in [5.41, 5.74) is 1.59. The second-order valence-corrected chi connectivity index (χ2v) is 8.39. The van der Waals surface area contributed by atoms with Crippen LogP contribution in [0.25, 0.3) is 11.1 Å². The molecule has 1 aliphatic rings. The molecule has 0 unspecified atom stereocenters. The molecule has 8 heteroatoms. The summed E-state index contributed by atoms with van der Waals surface area (Å²) in [7, 11) is 0. The van der Waals surface area contributed by atoms with Gasteiger partial charge in [-0.15, -0.1) is 0 Å². The van der Waals surface area contributed by atoms with Gasteiger partial charge in [-0.2, -0.15) is 5.10 Å². The number of hydrogen-bond donors (Lipinski definition) is 2. The Bertz CT molecular complexity index is 923. The Hall–Kier alpha value is -2.90. The standard InChI is InChI=1S/C21H27FN4O3/c1-13-9-14(11-15(22)10-13)17-12-23-25-19(27)18(17)26-7-5-16(6-8-26)24-20(28)29-21(2,3)4/h9-12,16H,5-8H2,1-4H3,(H,24,28)(H,25,27). The van der Waals surface area contributed by atoms with Crippen molar-refractivity contribution in [2.75, 3.05) is 18.0 Å². The van der Waals surface area contributed by atoms with Gasteiger partial charge in [0.25, 0.3) is 5.56 Å². The largest absolute Gasteiger partial charge is 0.444 e. The van der Waals surface area contributed by atoms with Crippen molar-refractivity contribution in [3.8, 4) is 11.1 Å². The average Bonchev–Trinajstić information content (AvgIpc) is 2.60. The molecule has 3 rings (SSSR count). The van der Waals surface area contributed by atoms with E-state index in [2.05, 4.69) is 15.5 Å². The maximum atomic E-state index is 13.9. The summed E-state index contributed by atoms with van der Waals surface area (Å²) in [4.78, 5) is 26.5. The summed E-state index contributed by atoms with van der Waals surface area (Å²) in [6, 6.07) is 4.66. The van der Waals surface area contributed by atoms with Crippen LogP contribution in [0.4, 0.5) is 14.9 Å². The summed E-state index contributed by atoms with van der Waals surface area (Å²) < 4.78 is 19.2. The lowest BCUT2D eigenvalue weighted by Gasteiger charge is -2.34. The van der Waals surface area contributed by atoms with Crippen LogP contribution >= 0.6 is 0 Å². The molecule has 0 bridgehead atoms. The van der Waals surface area contributed by atoms with Gasteiger partial charge in [-0.1, -0.05) is 6.07 Å². The monoisotopic (exact) mass is 402 g/mol. The van der Waals surface area contributed by atoms with E-state index < -0.39 is 11.7 Å². The molecule has 0 aliphatic carbocycles. The highest BCUT2D eigenvalue weighted by molar-refractivity contribution is 5.77. The van der Waals surface area contributed by atoms with Gasteiger partial charge in [-0.25, -0.2) is 14.3 Å². The Morgan fingerprint density at radius 2 is 1.97 bits per heavy atom. The second kappa shape index (κ2) is 8.23. The number of hydrogen-bond acceptors (Lipinski definition) is 5. The number of nitrogens with one attached hydrogen (secondary N) is 2. The number of rotatable bonds is 3. The quantitative estimate of drug-likeness (QED) is 0.822. The first-order valence-electron chi connectivity index (χ1n) is 9.72. The second-order valence-electron chi connectivity index (χ2n) is 8.39. The van der Waals surface area contributed by atoms with Crippen LogP contribution in [0.2, 0.25) is 0 Å².